The van der Waals surface area contributed by atoms with Crippen LogP contribution in [0.5, 0.6) is 0 Å². The standard InChI is InChI=1S/C14H28N2O/c1-2-8-15-14(12-17,13-6-7-13)11-16-9-4-3-5-10-16/h13,15,17H,2-12H2,1H3. The fourth-order valence-electron chi connectivity index (χ4n) is 3.09. The van der Waals surface area contributed by atoms with Crippen LogP contribution in [-0.2, 0) is 0 Å². The number of likely N-dealkylation sites (tertiary alicyclic amines) is 1. The van der Waals surface area contributed by atoms with Gasteiger partial charge in [-0.2, -0.15) is 0 Å². The molecule has 0 radical (unpaired) electrons. The van der Waals surface area contributed by atoms with Crippen LogP contribution in [0.25, 0.3) is 0 Å². The molecular weight excluding hydrogens is 212 g/mol. The summed E-state index contributed by atoms with van der Waals surface area (Å²) >= 11 is 0. The first-order chi connectivity index (χ1) is 8.30. The molecule has 17 heavy (non-hydrogen) atoms. The van der Waals surface area contributed by atoms with Crippen LogP contribution in [-0.4, -0.2) is 48.3 Å². The monoisotopic (exact) mass is 240 g/mol. The smallest absolute Gasteiger partial charge is 0.0628 e. The predicted octanol–water partition coefficient (Wildman–Crippen LogP) is 1.61. The molecule has 0 aromatic heterocycles. The summed E-state index contributed by atoms with van der Waals surface area (Å²) in [6.07, 6.45) is 7.79. The average Bonchev–Trinajstić information content (AvgIpc) is 3.20. The lowest BCUT2D eigenvalue weighted by Crippen LogP contribution is -2.58. The Hall–Kier alpha value is -0.120. The third kappa shape index (κ3) is 3.43. The van der Waals surface area contributed by atoms with Crippen LogP contribution in [0.15, 0.2) is 0 Å². The maximum Gasteiger partial charge on any atom is 0.0628 e. The fourth-order valence-corrected chi connectivity index (χ4v) is 3.09. The van der Waals surface area contributed by atoms with Gasteiger partial charge in [0.1, 0.15) is 0 Å². The zero-order valence-corrected chi connectivity index (χ0v) is 11.2. The molecule has 2 rings (SSSR count). The summed E-state index contributed by atoms with van der Waals surface area (Å²) in [7, 11) is 0. The van der Waals surface area contributed by atoms with Crippen molar-refractivity contribution >= 4 is 0 Å². The van der Waals surface area contributed by atoms with Crippen LogP contribution in [0, 0.1) is 5.92 Å². The lowest BCUT2D eigenvalue weighted by atomic mass is 9.92. The van der Waals surface area contributed by atoms with E-state index in [1.165, 1.54) is 45.2 Å². The summed E-state index contributed by atoms with van der Waals surface area (Å²) in [6, 6.07) is 0. The molecule has 1 saturated carbocycles. The molecule has 100 valence electrons. The second-order valence-corrected chi connectivity index (χ2v) is 5.85. The van der Waals surface area contributed by atoms with E-state index in [4.69, 9.17) is 0 Å². The van der Waals surface area contributed by atoms with Crippen LogP contribution >= 0.6 is 0 Å². The van der Waals surface area contributed by atoms with Crippen LogP contribution in [0.2, 0.25) is 0 Å². The molecule has 0 aromatic carbocycles. The molecule has 0 bridgehead atoms. The molecule has 0 spiro atoms. The van der Waals surface area contributed by atoms with Gasteiger partial charge in [-0.05, 0) is 57.7 Å². The van der Waals surface area contributed by atoms with Crippen molar-refractivity contribution in [1.82, 2.24) is 10.2 Å². The minimum atomic E-state index is -0.00660. The van der Waals surface area contributed by atoms with Crippen molar-refractivity contribution < 1.29 is 5.11 Å². The van der Waals surface area contributed by atoms with Crippen LogP contribution in [0.4, 0.5) is 0 Å². The molecular formula is C14H28N2O. The highest BCUT2D eigenvalue weighted by atomic mass is 16.3. The lowest BCUT2D eigenvalue weighted by Gasteiger charge is -2.40. The van der Waals surface area contributed by atoms with Gasteiger partial charge in [0, 0.05) is 6.54 Å². The maximum atomic E-state index is 9.86. The van der Waals surface area contributed by atoms with Crippen molar-refractivity contribution in [2.75, 3.05) is 32.8 Å². The molecule has 1 aliphatic heterocycles. The molecule has 1 aliphatic carbocycles. The second kappa shape index (κ2) is 6.17. The highest BCUT2D eigenvalue weighted by Crippen LogP contribution is 2.40. The minimum absolute atomic E-state index is 0.00660. The largest absolute Gasteiger partial charge is 0.394 e. The van der Waals surface area contributed by atoms with Crippen LogP contribution in [0.3, 0.4) is 0 Å². The van der Waals surface area contributed by atoms with Crippen molar-refractivity contribution in [3.8, 4) is 0 Å². The molecule has 3 nitrogen and oxygen atoms in total. The van der Waals surface area contributed by atoms with Crippen LogP contribution in [0.1, 0.15) is 45.4 Å². The number of aliphatic hydroxyl groups is 1. The van der Waals surface area contributed by atoms with E-state index >= 15 is 0 Å². The Kier molecular flexibility index (Phi) is 4.83. The molecule has 1 heterocycles. The van der Waals surface area contributed by atoms with E-state index in [0.717, 1.165) is 19.5 Å². The summed E-state index contributed by atoms with van der Waals surface area (Å²) in [5.74, 6) is 0.709. The van der Waals surface area contributed by atoms with Crippen molar-refractivity contribution in [3.05, 3.63) is 0 Å². The van der Waals surface area contributed by atoms with E-state index in [1.807, 2.05) is 0 Å². The van der Waals surface area contributed by atoms with Crippen molar-refractivity contribution in [1.29, 1.82) is 0 Å². The molecule has 1 atom stereocenters. The van der Waals surface area contributed by atoms with Gasteiger partial charge >= 0.3 is 0 Å². The van der Waals surface area contributed by atoms with Gasteiger partial charge in [0.25, 0.3) is 0 Å². The molecule has 3 heteroatoms. The Morgan fingerprint density at radius 1 is 1.24 bits per heavy atom. The van der Waals surface area contributed by atoms with Gasteiger partial charge in [0.15, 0.2) is 0 Å². The number of nitrogens with one attached hydrogen (secondary N) is 1. The van der Waals surface area contributed by atoms with Gasteiger partial charge in [-0.3, -0.25) is 0 Å². The quantitative estimate of drug-likeness (QED) is 0.710. The summed E-state index contributed by atoms with van der Waals surface area (Å²) in [5.41, 5.74) is -0.00660. The highest BCUT2D eigenvalue weighted by Gasteiger charge is 2.45. The van der Waals surface area contributed by atoms with E-state index in [0.29, 0.717) is 12.5 Å². The predicted molar refractivity (Wildman–Crippen MR) is 71.1 cm³/mol. The molecule has 2 fully saturated rings. The third-order valence-electron chi connectivity index (χ3n) is 4.32. The third-order valence-corrected chi connectivity index (χ3v) is 4.32. The fraction of sp³-hybridized carbons (Fsp3) is 1.00. The first-order valence-corrected chi connectivity index (χ1v) is 7.39. The number of nitrogens with zero attached hydrogens (tertiary/aromatic N) is 1. The molecule has 2 N–H and O–H groups in total. The van der Waals surface area contributed by atoms with Gasteiger partial charge in [0.05, 0.1) is 12.1 Å². The molecule has 0 amide bonds. The number of hydrogen-bond acceptors (Lipinski definition) is 3. The Labute approximate surface area is 106 Å². The highest BCUT2D eigenvalue weighted by molar-refractivity contribution is 5.03. The minimum Gasteiger partial charge on any atom is -0.394 e. The van der Waals surface area contributed by atoms with Gasteiger partial charge < -0.3 is 15.3 Å². The first kappa shape index (κ1) is 13.3. The summed E-state index contributed by atoms with van der Waals surface area (Å²) in [4.78, 5) is 2.56. The first-order valence-electron chi connectivity index (χ1n) is 7.39. The number of hydrogen-bond donors (Lipinski definition) is 2. The number of piperidine rings is 1. The molecule has 1 unspecified atom stereocenters. The zero-order valence-electron chi connectivity index (χ0n) is 11.2. The molecule has 0 aromatic rings. The van der Waals surface area contributed by atoms with E-state index < -0.39 is 0 Å². The summed E-state index contributed by atoms with van der Waals surface area (Å²) in [5, 5.41) is 13.5. The molecule has 1 saturated heterocycles. The van der Waals surface area contributed by atoms with Gasteiger partial charge in [-0.25, -0.2) is 0 Å². The Morgan fingerprint density at radius 2 is 1.94 bits per heavy atom. The number of rotatable bonds is 7. The Morgan fingerprint density at radius 3 is 2.47 bits per heavy atom. The average molecular weight is 240 g/mol. The van der Waals surface area contributed by atoms with Crippen molar-refractivity contribution in [2.45, 2.75) is 51.0 Å². The lowest BCUT2D eigenvalue weighted by molar-refractivity contribution is 0.0817. The Balaban J connectivity index is 1.92. The van der Waals surface area contributed by atoms with E-state index in [1.54, 1.807) is 0 Å². The van der Waals surface area contributed by atoms with E-state index in [-0.39, 0.29) is 5.54 Å². The van der Waals surface area contributed by atoms with Crippen molar-refractivity contribution in [2.24, 2.45) is 5.92 Å². The molecule has 2 aliphatic rings. The Bertz CT molecular complexity index is 224. The van der Waals surface area contributed by atoms with Gasteiger partial charge in [-0.15, -0.1) is 0 Å². The summed E-state index contributed by atoms with van der Waals surface area (Å²) in [6.45, 7) is 7.03. The van der Waals surface area contributed by atoms with Crippen molar-refractivity contribution in [3.63, 3.8) is 0 Å². The maximum absolute atomic E-state index is 9.86. The van der Waals surface area contributed by atoms with E-state index in [9.17, 15) is 5.11 Å². The normalized spacial score (nSPS) is 25.8. The van der Waals surface area contributed by atoms with Crippen LogP contribution < -0.4 is 5.32 Å². The SMILES string of the molecule is CCCNC(CO)(CN1CCCCC1)C1CC1. The topological polar surface area (TPSA) is 35.5 Å². The second-order valence-electron chi connectivity index (χ2n) is 5.85. The number of aliphatic hydroxyl groups excluding tert-OH is 1. The van der Waals surface area contributed by atoms with E-state index in [2.05, 4.69) is 17.1 Å². The van der Waals surface area contributed by atoms with Gasteiger partial charge in [0.2, 0.25) is 0 Å². The zero-order chi connectivity index (χ0) is 12.1. The van der Waals surface area contributed by atoms with Gasteiger partial charge in [-0.1, -0.05) is 13.3 Å². The summed E-state index contributed by atoms with van der Waals surface area (Å²) < 4.78 is 0.